The number of nitrogens with zero attached hydrogens (tertiary/aromatic N) is 1. The first-order valence-corrected chi connectivity index (χ1v) is 6.90. The molecular formula is C12H16ClNO2S. The number of carbonyl (C=O) groups excluding carboxylic acids is 1. The summed E-state index contributed by atoms with van der Waals surface area (Å²) in [5.41, 5.74) is 0. The van der Waals surface area contributed by atoms with Crippen LogP contribution in [0.2, 0.25) is 4.34 Å². The van der Waals surface area contributed by atoms with Gasteiger partial charge < -0.3 is 4.74 Å². The zero-order valence-corrected chi connectivity index (χ0v) is 11.6. The highest BCUT2D eigenvalue weighted by Gasteiger charge is 2.24. The largest absolute Gasteiger partial charge is 0.373 e. The Morgan fingerprint density at radius 3 is 2.65 bits per heavy atom. The molecule has 0 aromatic carbocycles. The van der Waals surface area contributed by atoms with Crippen molar-refractivity contribution in [1.29, 1.82) is 0 Å². The maximum atomic E-state index is 12.0. The van der Waals surface area contributed by atoms with Gasteiger partial charge in [0.15, 0.2) is 5.78 Å². The van der Waals surface area contributed by atoms with E-state index in [9.17, 15) is 4.79 Å². The molecule has 2 atom stereocenters. The Morgan fingerprint density at radius 2 is 2.12 bits per heavy atom. The summed E-state index contributed by atoms with van der Waals surface area (Å²) in [5, 5.41) is 0. The number of carbonyl (C=O) groups is 1. The molecular weight excluding hydrogens is 258 g/mol. The van der Waals surface area contributed by atoms with Gasteiger partial charge in [-0.15, -0.1) is 11.3 Å². The predicted molar refractivity (Wildman–Crippen MR) is 70.1 cm³/mol. The fraction of sp³-hybridized carbons (Fsp3) is 0.583. The van der Waals surface area contributed by atoms with Crippen molar-refractivity contribution in [2.75, 3.05) is 19.6 Å². The molecule has 1 fully saturated rings. The highest BCUT2D eigenvalue weighted by molar-refractivity contribution is 7.18. The lowest BCUT2D eigenvalue weighted by molar-refractivity contribution is -0.0652. The third-order valence-corrected chi connectivity index (χ3v) is 3.98. The van der Waals surface area contributed by atoms with E-state index >= 15 is 0 Å². The van der Waals surface area contributed by atoms with E-state index in [0.29, 0.717) is 10.9 Å². The fourth-order valence-corrected chi connectivity index (χ4v) is 3.13. The van der Waals surface area contributed by atoms with Crippen molar-refractivity contribution in [2.24, 2.45) is 0 Å². The van der Waals surface area contributed by atoms with Gasteiger partial charge in [-0.1, -0.05) is 11.6 Å². The Kier molecular flexibility index (Phi) is 4.20. The molecule has 0 aliphatic carbocycles. The quantitative estimate of drug-likeness (QED) is 0.793. The zero-order chi connectivity index (χ0) is 12.4. The Morgan fingerprint density at radius 1 is 1.47 bits per heavy atom. The average molecular weight is 274 g/mol. The fourth-order valence-electron chi connectivity index (χ4n) is 2.16. The van der Waals surface area contributed by atoms with Gasteiger partial charge in [0.2, 0.25) is 0 Å². The molecule has 0 spiro atoms. The molecule has 0 unspecified atom stereocenters. The third kappa shape index (κ3) is 3.52. The molecule has 5 heteroatoms. The molecule has 1 aromatic rings. The highest BCUT2D eigenvalue weighted by Crippen LogP contribution is 2.22. The standard InChI is InChI=1S/C12H16ClNO2S/c1-8-5-14(6-9(2)16-8)7-10(15)11-3-4-12(13)17-11/h3-4,8-9H,5-7H2,1-2H3/t8-,9+. The summed E-state index contributed by atoms with van der Waals surface area (Å²) in [6, 6.07) is 3.56. The molecule has 17 heavy (non-hydrogen) atoms. The van der Waals surface area contributed by atoms with Gasteiger partial charge in [-0.05, 0) is 26.0 Å². The predicted octanol–water partition coefficient (Wildman–Crippen LogP) is 2.69. The second-order valence-corrected chi connectivity index (χ2v) is 6.19. The van der Waals surface area contributed by atoms with Crippen molar-refractivity contribution < 1.29 is 9.53 Å². The minimum Gasteiger partial charge on any atom is -0.373 e. The van der Waals surface area contributed by atoms with E-state index in [1.807, 2.05) is 13.8 Å². The van der Waals surface area contributed by atoms with Gasteiger partial charge in [0.1, 0.15) is 0 Å². The number of rotatable bonds is 3. The van der Waals surface area contributed by atoms with E-state index in [1.54, 1.807) is 12.1 Å². The lowest BCUT2D eigenvalue weighted by Gasteiger charge is -2.34. The number of ketones is 1. The van der Waals surface area contributed by atoms with Crippen molar-refractivity contribution in [3.8, 4) is 0 Å². The van der Waals surface area contributed by atoms with Crippen LogP contribution in [0.15, 0.2) is 12.1 Å². The molecule has 0 saturated carbocycles. The van der Waals surface area contributed by atoms with E-state index in [2.05, 4.69) is 4.90 Å². The summed E-state index contributed by atoms with van der Waals surface area (Å²) in [5.74, 6) is 0.142. The summed E-state index contributed by atoms with van der Waals surface area (Å²) < 4.78 is 6.30. The van der Waals surface area contributed by atoms with Crippen LogP contribution in [0, 0.1) is 0 Å². The van der Waals surface area contributed by atoms with E-state index in [-0.39, 0.29) is 18.0 Å². The molecule has 2 rings (SSSR count). The van der Waals surface area contributed by atoms with Gasteiger partial charge in [-0.25, -0.2) is 0 Å². The minimum absolute atomic E-state index is 0.142. The normalized spacial score (nSPS) is 26.1. The average Bonchev–Trinajstić information content (AvgIpc) is 2.63. The molecule has 1 saturated heterocycles. The molecule has 1 aliphatic heterocycles. The van der Waals surface area contributed by atoms with Gasteiger partial charge in [0.05, 0.1) is 28.0 Å². The summed E-state index contributed by atoms with van der Waals surface area (Å²) in [4.78, 5) is 14.9. The van der Waals surface area contributed by atoms with Crippen LogP contribution in [-0.4, -0.2) is 42.5 Å². The maximum Gasteiger partial charge on any atom is 0.186 e. The van der Waals surface area contributed by atoms with E-state index in [1.165, 1.54) is 11.3 Å². The van der Waals surface area contributed by atoms with Crippen LogP contribution in [0.1, 0.15) is 23.5 Å². The number of hydrogen-bond donors (Lipinski definition) is 0. The Balaban J connectivity index is 1.94. The zero-order valence-electron chi connectivity index (χ0n) is 9.98. The summed E-state index contributed by atoms with van der Waals surface area (Å²) in [7, 11) is 0. The van der Waals surface area contributed by atoms with Gasteiger partial charge in [-0.3, -0.25) is 9.69 Å². The minimum atomic E-state index is 0.142. The van der Waals surface area contributed by atoms with Crippen LogP contribution in [0.5, 0.6) is 0 Å². The first-order chi connectivity index (χ1) is 8.04. The van der Waals surface area contributed by atoms with Crippen LogP contribution >= 0.6 is 22.9 Å². The number of halogens is 1. The number of morpholine rings is 1. The van der Waals surface area contributed by atoms with Crippen molar-refractivity contribution in [2.45, 2.75) is 26.1 Å². The summed E-state index contributed by atoms with van der Waals surface area (Å²) in [6.45, 7) is 6.16. The van der Waals surface area contributed by atoms with Crippen LogP contribution in [-0.2, 0) is 4.74 Å². The SMILES string of the molecule is C[C@@H]1CN(CC(=O)c2ccc(Cl)s2)C[C@H](C)O1. The van der Waals surface area contributed by atoms with Crippen LogP contribution in [0.4, 0.5) is 0 Å². The first kappa shape index (κ1) is 13.0. The smallest absolute Gasteiger partial charge is 0.186 e. The molecule has 2 heterocycles. The molecule has 1 aromatic heterocycles. The lowest BCUT2D eigenvalue weighted by atomic mass is 10.2. The molecule has 0 N–H and O–H groups in total. The van der Waals surface area contributed by atoms with Crippen LogP contribution < -0.4 is 0 Å². The second-order valence-electron chi connectivity index (χ2n) is 4.48. The van der Waals surface area contributed by atoms with Crippen molar-refractivity contribution >= 4 is 28.7 Å². The van der Waals surface area contributed by atoms with Gasteiger partial charge >= 0.3 is 0 Å². The van der Waals surface area contributed by atoms with Crippen LogP contribution in [0.25, 0.3) is 0 Å². The number of ether oxygens (including phenoxy) is 1. The molecule has 3 nitrogen and oxygen atoms in total. The van der Waals surface area contributed by atoms with E-state index in [0.717, 1.165) is 18.0 Å². The number of Topliss-reactive ketones (excluding diaryl/α,β-unsaturated/α-hetero) is 1. The Labute approximate surface area is 110 Å². The summed E-state index contributed by atoms with van der Waals surface area (Å²) in [6.07, 6.45) is 0.386. The van der Waals surface area contributed by atoms with Crippen molar-refractivity contribution in [3.63, 3.8) is 0 Å². The lowest BCUT2D eigenvalue weighted by Crippen LogP contribution is -2.47. The third-order valence-electron chi connectivity index (χ3n) is 2.71. The topological polar surface area (TPSA) is 29.5 Å². The molecule has 94 valence electrons. The van der Waals surface area contributed by atoms with Gasteiger partial charge in [-0.2, -0.15) is 0 Å². The number of thiophene rings is 1. The Hall–Kier alpha value is -0.420. The molecule has 1 aliphatic rings. The number of hydrogen-bond acceptors (Lipinski definition) is 4. The van der Waals surface area contributed by atoms with E-state index < -0.39 is 0 Å². The monoisotopic (exact) mass is 273 g/mol. The molecule has 0 radical (unpaired) electrons. The van der Waals surface area contributed by atoms with Gasteiger partial charge in [0, 0.05) is 13.1 Å². The highest BCUT2D eigenvalue weighted by atomic mass is 35.5. The maximum absolute atomic E-state index is 12.0. The van der Waals surface area contributed by atoms with Crippen molar-refractivity contribution in [1.82, 2.24) is 4.90 Å². The molecule has 0 bridgehead atoms. The van der Waals surface area contributed by atoms with Crippen LogP contribution in [0.3, 0.4) is 0 Å². The summed E-state index contributed by atoms with van der Waals surface area (Å²) >= 11 is 7.17. The second kappa shape index (κ2) is 5.48. The van der Waals surface area contributed by atoms with Gasteiger partial charge in [0.25, 0.3) is 0 Å². The van der Waals surface area contributed by atoms with E-state index in [4.69, 9.17) is 16.3 Å². The Bertz CT molecular complexity index is 397. The van der Waals surface area contributed by atoms with Crippen molar-refractivity contribution in [3.05, 3.63) is 21.3 Å². The first-order valence-electron chi connectivity index (χ1n) is 5.71. The molecule has 0 amide bonds.